The van der Waals surface area contributed by atoms with Gasteiger partial charge in [0.15, 0.2) is 0 Å². The average molecular weight is 764 g/mol. The van der Waals surface area contributed by atoms with E-state index in [0.29, 0.717) is 17.4 Å². The lowest BCUT2D eigenvalue weighted by Crippen LogP contribution is -2.45. The maximum atomic E-state index is 12.8. The fraction of sp³-hybridized carbons (Fsp3) is 0.705. The highest BCUT2D eigenvalue weighted by molar-refractivity contribution is 7.47. The van der Waals surface area contributed by atoms with Crippen LogP contribution in [-0.2, 0) is 18.4 Å². The van der Waals surface area contributed by atoms with E-state index in [1.165, 1.54) is 77.0 Å². The summed E-state index contributed by atoms with van der Waals surface area (Å²) in [6.07, 6.45) is 47.1. The third-order valence-electron chi connectivity index (χ3n) is 8.71. The van der Waals surface area contributed by atoms with Crippen LogP contribution < -0.4 is 5.32 Å². The second-order valence-electron chi connectivity index (χ2n) is 15.0. The molecule has 1 amide bonds. The molecule has 0 aromatic carbocycles. The number of carbonyl (C=O) groups excluding carboxylic acids is 1. The van der Waals surface area contributed by atoms with E-state index < -0.39 is 20.0 Å². The number of phosphoric acid groups is 1. The molecule has 3 N–H and O–H groups in total. The molecular weight excluding hydrogens is 683 g/mol. The van der Waals surface area contributed by atoms with E-state index in [4.69, 9.17) is 9.05 Å². The van der Waals surface area contributed by atoms with Crippen molar-refractivity contribution in [3.8, 4) is 0 Å². The molecule has 9 heteroatoms. The van der Waals surface area contributed by atoms with Crippen LogP contribution in [0.2, 0.25) is 0 Å². The molecule has 0 aromatic heterocycles. The lowest BCUT2D eigenvalue weighted by Gasteiger charge is -2.25. The molecule has 0 fully saturated rings. The number of rotatable bonds is 36. The van der Waals surface area contributed by atoms with Crippen molar-refractivity contribution < 1.29 is 32.9 Å². The summed E-state index contributed by atoms with van der Waals surface area (Å²) in [6, 6.07) is -0.903. The molecular formula is C44H80N2O6P+. The molecule has 53 heavy (non-hydrogen) atoms. The molecule has 0 rings (SSSR count). The lowest BCUT2D eigenvalue weighted by molar-refractivity contribution is -0.870. The Bertz CT molecular complexity index is 1090. The Morgan fingerprint density at radius 1 is 0.660 bits per heavy atom. The van der Waals surface area contributed by atoms with E-state index in [-0.39, 0.29) is 25.5 Å². The van der Waals surface area contributed by atoms with Crippen molar-refractivity contribution in [2.75, 3.05) is 40.9 Å². The third-order valence-corrected chi connectivity index (χ3v) is 9.70. The molecule has 0 aliphatic rings. The number of hydrogen-bond donors (Lipinski definition) is 3. The number of likely N-dealkylation sites (N-methyl/N-ethyl adjacent to an activating group) is 1. The van der Waals surface area contributed by atoms with Gasteiger partial charge in [0.05, 0.1) is 39.9 Å². The number of allylic oxidation sites excluding steroid dienone is 10. The second-order valence-corrected chi connectivity index (χ2v) is 16.5. The number of aliphatic hydroxyl groups excluding tert-OH is 1. The highest BCUT2D eigenvalue weighted by atomic mass is 31.2. The van der Waals surface area contributed by atoms with Gasteiger partial charge in [-0.05, 0) is 44.9 Å². The van der Waals surface area contributed by atoms with Crippen LogP contribution in [0.25, 0.3) is 0 Å². The first kappa shape index (κ1) is 50.9. The molecule has 0 saturated heterocycles. The first-order valence-electron chi connectivity index (χ1n) is 20.8. The quantitative estimate of drug-likeness (QED) is 0.0254. The summed E-state index contributed by atoms with van der Waals surface area (Å²) in [5, 5.41) is 13.7. The lowest BCUT2D eigenvalue weighted by atomic mass is 10.0. The Morgan fingerprint density at radius 3 is 1.58 bits per heavy atom. The molecule has 0 heterocycles. The summed E-state index contributed by atoms with van der Waals surface area (Å²) in [7, 11) is 1.50. The third kappa shape index (κ3) is 38.0. The molecule has 8 nitrogen and oxygen atoms in total. The van der Waals surface area contributed by atoms with Gasteiger partial charge in [0.2, 0.25) is 5.91 Å². The number of nitrogens with zero attached hydrogens (tertiary/aromatic N) is 1. The Hall–Kier alpha value is -2.06. The number of unbranched alkanes of at least 4 members (excludes halogenated alkanes) is 14. The summed E-state index contributed by atoms with van der Waals surface area (Å²) in [5.74, 6) is -0.307. The minimum absolute atomic E-state index is 0.0417. The zero-order valence-corrected chi connectivity index (χ0v) is 35.4. The number of phosphoric ester groups is 1. The number of quaternary nitrogens is 1. The minimum Gasteiger partial charge on any atom is -0.387 e. The van der Waals surface area contributed by atoms with Gasteiger partial charge in [-0.1, -0.05) is 170 Å². The van der Waals surface area contributed by atoms with Gasteiger partial charge in [-0.25, -0.2) is 4.57 Å². The standard InChI is InChI=1S/C44H79N2O6P/c1-6-8-10-12-14-16-18-20-22-24-25-27-29-31-33-35-37-43(47)42(41-52-53(49,50)51-40-39-46(3,4)5)45-44(48)38-36-34-32-30-28-26-23-21-19-17-15-13-11-9-7-2/h9,11,15,17,21,23,28,30,34-37,42-43,47H,6-8,10,12-14,16,18-20,22,24-27,29,31-33,38-41H2,1-5H3,(H-,45,48,49,50)/p+1/b11-9-,17-15-,23-21-,30-28-,36-34-,37-35+. The van der Waals surface area contributed by atoms with Crippen molar-refractivity contribution in [2.24, 2.45) is 0 Å². The monoisotopic (exact) mass is 764 g/mol. The summed E-state index contributed by atoms with van der Waals surface area (Å²) in [5.41, 5.74) is 0. The first-order chi connectivity index (χ1) is 25.5. The highest BCUT2D eigenvalue weighted by Crippen LogP contribution is 2.43. The van der Waals surface area contributed by atoms with Crippen molar-refractivity contribution in [3.63, 3.8) is 0 Å². The molecule has 0 aromatic rings. The van der Waals surface area contributed by atoms with Gasteiger partial charge >= 0.3 is 7.82 Å². The van der Waals surface area contributed by atoms with Gasteiger partial charge in [-0.15, -0.1) is 0 Å². The fourth-order valence-corrected chi connectivity index (χ4v) is 6.14. The van der Waals surface area contributed by atoms with Crippen LogP contribution in [0.3, 0.4) is 0 Å². The molecule has 0 aliphatic heterocycles. The van der Waals surface area contributed by atoms with Crippen LogP contribution in [0, 0.1) is 0 Å². The zero-order chi connectivity index (χ0) is 39.3. The highest BCUT2D eigenvalue weighted by Gasteiger charge is 2.27. The molecule has 3 atom stereocenters. The Kier molecular flexibility index (Phi) is 34.2. The molecule has 0 aliphatic carbocycles. The van der Waals surface area contributed by atoms with Gasteiger partial charge in [0.25, 0.3) is 0 Å². The van der Waals surface area contributed by atoms with Crippen LogP contribution in [0.15, 0.2) is 72.9 Å². The Morgan fingerprint density at radius 2 is 1.11 bits per heavy atom. The molecule has 0 radical (unpaired) electrons. The molecule has 0 spiro atoms. The van der Waals surface area contributed by atoms with Gasteiger partial charge in [0.1, 0.15) is 13.2 Å². The van der Waals surface area contributed by atoms with E-state index in [0.717, 1.165) is 44.9 Å². The van der Waals surface area contributed by atoms with Crippen molar-refractivity contribution in [1.29, 1.82) is 0 Å². The SMILES string of the molecule is CC/C=C\C/C=C\C/C=C\C/C=C\C/C=C\CC(=O)NC(COP(=O)(O)OCC[N+](C)(C)C)C(O)/C=C/CCCCCCCCCCCCCCCC. The van der Waals surface area contributed by atoms with Gasteiger partial charge in [-0.3, -0.25) is 13.8 Å². The molecule has 3 unspecified atom stereocenters. The zero-order valence-electron chi connectivity index (χ0n) is 34.5. The average Bonchev–Trinajstić information content (AvgIpc) is 3.10. The van der Waals surface area contributed by atoms with E-state index in [1.807, 2.05) is 33.3 Å². The number of carbonyl (C=O) groups is 1. The largest absolute Gasteiger partial charge is 0.472 e. The summed E-state index contributed by atoms with van der Waals surface area (Å²) < 4.78 is 23.4. The number of amides is 1. The maximum Gasteiger partial charge on any atom is 0.472 e. The summed E-state index contributed by atoms with van der Waals surface area (Å²) >= 11 is 0. The van der Waals surface area contributed by atoms with Crippen LogP contribution in [0.1, 0.15) is 149 Å². The smallest absolute Gasteiger partial charge is 0.387 e. The summed E-state index contributed by atoms with van der Waals surface area (Å²) in [6.45, 7) is 4.60. The summed E-state index contributed by atoms with van der Waals surface area (Å²) in [4.78, 5) is 23.0. The molecule has 0 bridgehead atoms. The normalized spacial score (nSPS) is 15.2. The molecule has 0 saturated carbocycles. The minimum atomic E-state index is -4.36. The van der Waals surface area contributed by atoms with E-state index in [9.17, 15) is 19.4 Å². The maximum absolute atomic E-state index is 12.8. The Labute approximate surface area is 325 Å². The molecule has 306 valence electrons. The first-order valence-corrected chi connectivity index (χ1v) is 22.3. The van der Waals surface area contributed by atoms with Crippen molar-refractivity contribution >= 4 is 13.7 Å². The van der Waals surface area contributed by atoms with Gasteiger partial charge in [0, 0.05) is 6.42 Å². The van der Waals surface area contributed by atoms with E-state index in [2.05, 4.69) is 67.8 Å². The number of aliphatic hydroxyl groups is 1. The predicted molar refractivity (Wildman–Crippen MR) is 226 cm³/mol. The number of nitrogens with one attached hydrogen (secondary N) is 1. The van der Waals surface area contributed by atoms with Crippen LogP contribution in [-0.4, -0.2) is 73.4 Å². The Balaban J connectivity index is 4.64. The topological polar surface area (TPSA) is 105 Å². The van der Waals surface area contributed by atoms with E-state index in [1.54, 1.807) is 12.2 Å². The van der Waals surface area contributed by atoms with Gasteiger partial charge < -0.3 is 19.8 Å². The fourth-order valence-electron chi connectivity index (χ4n) is 5.40. The van der Waals surface area contributed by atoms with Crippen molar-refractivity contribution in [3.05, 3.63) is 72.9 Å². The van der Waals surface area contributed by atoms with Gasteiger partial charge in [-0.2, -0.15) is 0 Å². The predicted octanol–water partition coefficient (Wildman–Crippen LogP) is 11.2. The van der Waals surface area contributed by atoms with Crippen LogP contribution in [0.4, 0.5) is 0 Å². The number of hydrogen-bond acceptors (Lipinski definition) is 5. The van der Waals surface area contributed by atoms with Crippen LogP contribution in [0.5, 0.6) is 0 Å². The second kappa shape index (κ2) is 35.6. The van der Waals surface area contributed by atoms with E-state index >= 15 is 0 Å². The van der Waals surface area contributed by atoms with Crippen molar-refractivity contribution in [2.45, 2.75) is 161 Å². The van der Waals surface area contributed by atoms with Crippen LogP contribution >= 0.6 is 7.82 Å². The van der Waals surface area contributed by atoms with Crippen molar-refractivity contribution in [1.82, 2.24) is 5.32 Å².